The second kappa shape index (κ2) is 9.27. The molecule has 0 amide bonds. The van der Waals surface area contributed by atoms with E-state index in [1.807, 2.05) is 11.8 Å². The van der Waals surface area contributed by atoms with Crippen LogP contribution in [0, 0.1) is 6.92 Å². The summed E-state index contributed by atoms with van der Waals surface area (Å²) in [5.41, 5.74) is 2.55. The third-order valence-electron chi connectivity index (χ3n) is 3.10. The molecule has 1 unspecified atom stereocenters. The van der Waals surface area contributed by atoms with Gasteiger partial charge in [0, 0.05) is 6.04 Å². The quantitative estimate of drug-likeness (QED) is 0.686. The van der Waals surface area contributed by atoms with Crippen LogP contribution >= 0.6 is 11.8 Å². The average molecular weight is 281 g/mol. The molecule has 19 heavy (non-hydrogen) atoms. The van der Waals surface area contributed by atoms with Crippen molar-refractivity contribution in [2.75, 3.05) is 24.7 Å². The Labute approximate surface area is 122 Å². The summed E-state index contributed by atoms with van der Waals surface area (Å²) in [7, 11) is 0. The van der Waals surface area contributed by atoms with E-state index in [2.05, 4.69) is 51.2 Å². The summed E-state index contributed by atoms with van der Waals surface area (Å²) >= 11 is 1.97. The van der Waals surface area contributed by atoms with E-state index in [1.54, 1.807) is 0 Å². The van der Waals surface area contributed by atoms with Crippen LogP contribution in [0.3, 0.4) is 0 Å². The minimum atomic E-state index is 0.402. The maximum atomic E-state index is 5.84. The van der Waals surface area contributed by atoms with Crippen molar-refractivity contribution in [3.05, 3.63) is 29.3 Å². The Morgan fingerprint density at radius 2 is 2.11 bits per heavy atom. The number of thioether (sulfide) groups is 1. The number of benzene rings is 1. The minimum Gasteiger partial charge on any atom is -0.493 e. The molecule has 1 atom stereocenters. The van der Waals surface area contributed by atoms with Crippen LogP contribution < -0.4 is 10.1 Å². The highest BCUT2D eigenvalue weighted by Gasteiger charge is 2.06. The van der Waals surface area contributed by atoms with Gasteiger partial charge in [0.2, 0.25) is 0 Å². The van der Waals surface area contributed by atoms with E-state index in [4.69, 9.17) is 4.74 Å². The van der Waals surface area contributed by atoms with Crippen LogP contribution in [-0.2, 0) is 0 Å². The molecule has 1 aromatic carbocycles. The SMILES string of the molecule is CCNC(C)c1ccc(OCCCSCC)c(C)c1. The Balaban J connectivity index is 2.47. The van der Waals surface area contributed by atoms with Crippen LogP contribution in [0.4, 0.5) is 0 Å². The molecular formula is C16H27NOS. The molecule has 1 rings (SSSR count). The van der Waals surface area contributed by atoms with E-state index in [1.165, 1.54) is 22.6 Å². The molecular weight excluding hydrogens is 254 g/mol. The number of nitrogens with one attached hydrogen (secondary N) is 1. The summed E-state index contributed by atoms with van der Waals surface area (Å²) in [5, 5.41) is 3.43. The molecule has 1 N–H and O–H groups in total. The van der Waals surface area contributed by atoms with Gasteiger partial charge < -0.3 is 10.1 Å². The first-order valence-electron chi connectivity index (χ1n) is 7.23. The van der Waals surface area contributed by atoms with Gasteiger partial charge in [0.05, 0.1) is 6.61 Å². The molecule has 0 aromatic heterocycles. The summed E-state index contributed by atoms with van der Waals surface area (Å²) in [4.78, 5) is 0. The molecule has 0 aliphatic carbocycles. The molecule has 0 radical (unpaired) electrons. The second-order valence-electron chi connectivity index (χ2n) is 4.70. The molecule has 0 bridgehead atoms. The van der Waals surface area contributed by atoms with E-state index in [0.29, 0.717) is 6.04 Å². The van der Waals surface area contributed by atoms with Gasteiger partial charge in [0.25, 0.3) is 0 Å². The van der Waals surface area contributed by atoms with Crippen molar-refractivity contribution in [2.24, 2.45) is 0 Å². The molecule has 0 saturated heterocycles. The van der Waals surface area contributed by atoms with Crippen molar-refractivity contribution in [2.45, 2.75) is 40.2 Å². The molecule has 0 saturated carbocycles. The summed E-state index contributed by atoms with van der Waals surface area (Å²) in [6.45, 7) is 10.5. The Morgan fingerprint density at radius 1 is 1.32 bits per heavy atom. The van der Waals surface area contributed by atoms with Gasteiger partial charge in [-0.1, -0.05) is 26.0 Å². The van der Waals surface area contributed by atoms with Crippen molar-refractivity contribution in [1.29, 1.82) is 0 Å². The predicted octanol–water partition coefficient (Wildman–Crippen LogP) is 4.19. The number of ether oxygens (including phenoxy) is 1. The Kier molecular flexibility index (Phi) is 7.99. The van der Waals surface area contributed by atoms with Gasteiger partial charge in [0.15, 0.2) is 0 Å². The van der Waals surface area contributed by atoms with Gasteiger partial charge in [-0.2, -0.15) is 11.8 Å². The standard InChI is InChI=1S/C16H27NOS/c1-5-17-14(4)15-8-9-16(13(3)12-15)18-10-7-11-19-6-2/h8-9,12,14,17H,5-7,10-11H2,1-4H3. The lowest BCUT2D eigenvalue weighted by atomic mass is 10.1. The van der Waals surface area contributed by atoms with Gasteiger partial charge in [-0.25, -0.2) is 0 Å². The first-order valence-corrected chi connectivity index (χ1v) is 8.39. The number of hydrogen-bond donors (Lipinski definition) is 1. The Bertz CT molecular complexity index is 368. The summed E-state index contributed by atoms with van der Waals surface area (Å²) < 4.78 is 5.84. The highest BCUT2D eigenvalue weighted by molar-refractivity contribution is 7.99. The molecule has 1 aromatic rings. The van der Waals surface area contributed by atoms with Gasteiger partial charge >= 0.3 is 0 Å². The Morgan fingerprint density at radius 3 is 2.74 bits per heavy atom. The smallest absolute Gasteiger partial charge is 0.122 e. The van der Waals surface area contributed by atoms with E-state index in [-0.39, 0.29) is 0 Å². The van der Waals surface area contributed by atoms with Crippen molar-refractivity contribution in [1.82, 2.24) is 5.32 Å². The average Bonchev–Trinajstić information content (AvgIpc) is 2.40. The molecule has 0 aliphatic heterocycles. The molecule has 0 aliphatic rings. The fourth-order valence-corrected chi connectivity index (χ4v) is 2.63. The highest BCUT2D eigenvalue weighted by atomic mass is 32.2. The third-order valence-corrected chi connectivity index (χ3v) is 4.09. The summed E-state index contributed by atoms with van der Waals surface area (Å²) in [6, 6.07) is 6.89. The van der Waals surface area contributed by atoms with Crippen LogP contribution in [0.1, 0.15) is 44.4 Å². The maximum absolute atomic E-state index is 5.84. The van der Waals surface area contributed by atoms with Crippen molar-refractivity contribution in [3.8, 4) is 5.75 Å². The first kappa shape index (κ1) is 16.4. The van der Waals surface area contributed by atoms with Gasteiger partial charge in [-0.05, 0) is 55.5 Å². The normalized spacial score (nSPS) is 12.4. The predicted molar refractivity (Wildman–Crippen MR) is 86.4 cm³/mol. The first-order chi connectivity index (χ1) is 9.19. The van der Waals surface area contributed by atoms with Gasteiger partial charge in [0.1, 0.15) is 5.75 Å². The third kappa shape index (κ3) is 5.87. The number of rotatable bonds is 9. The fraction of sp³-hybridized carbons (Fsp3) is 0.625. The zero-order valence-electron chi connectivity index (χ0n) is 12.7. The molecule has 0 heterocycles. The number of hydrogen-bond acceptors (Lipinski definition) is 3. The second-order valence-corrected chi connectivity index (χ2v) is 6.10. The van der Waals surface area contributed by atoms with Crippen LogP contribution in [0.25, 0.3) is 0 Å². The lowest BCUT2D eigenvalue weighted by molar-refractivity contribution is 0.316. The minimum absolute atomic E-state index is 0.402. The monoisotopic (exact) mass is 281 g/mol. The maximum Gasteiger partial charge on any atom is 0.122 e. The van der Waals surface area contributed by atoms with Crippen molar-refractivity contribution in [3.63, 3.8) is 0 Å². The van der Waals surface area contributed by atoms with E-state index < -0.39 is 0 Å². The highest BCUT2D eigenvalue weighted by Crippen LogP contribution is 2.23. The molecule has 3 heteroatoms. The van der Waals surface area contributed by atoms with Gasteiger partial charge in [-0.3, -0.25) is 0 Å². The largest absolute Gasteiger partial charge is 0.493 e. The van der Waals surface area contributed by atoms with Gasteiger partial charge in [-0.15, -0.1) is 0 Å². The van der Waals surface area contributed by atoms with Crippen molar-refractivity contribution >= 4 is 11.8 Å². The van der Waals surface area contributed by atoms with Crippen LogP contribution in [0.5, 0.6) is 5.75 Å². The topological polar surface area (TPSA) is 21.3 Å². The van der Waals surface area contributed by atoms with E-state index in [0.717, 1.165) is 25.3 Å². The zero-order chi connectivity index (χ0) is 14.1. The fourth-order valence-electron chi connectivity index (χ4n) is 2.02. The molecule has 0 fully saturated rings. The zero-order valence-corrected chi connectivity index (χ0v) is 13.5. The molecule has 2 nitrogen and oxygen atoms in total. The lowest BCUT2D eigenvalue weighted by Crippen LogP contribution is -2.17. The summed E-state index contributed by atoms with van der Waals surface area (Å²) in [6.07, 6.45) is 1.12. The van der Waals surface area contributed by atoms with Crippen molar-refractivity contribution < 1.29 is 4.74 Å². The number of aryl methyl sites for hydroxylation is 1. The van der Waals surface area contributed by atoms with Crippen LogP contribution in [-0.4, -0.2) is 24.7 Å². The Hall–Kier alpha value is -0.670. The van der Waals surface area contributed by atoms with E-state index >= 15 is 0 Å². The summed E-state index contributed by atoms with van der Waals surface area (Å²) in [5.74, 6) is 3.40. The lowest BCUT2D eigenvalue weighted by Gasteiger charge is -2.15. The molecule has 108 valence electrons. The van der Waals surface area contributed by atoms with Crippen LogP contribution in [0.2, 0.25) is 0 Å². The van der Waals surface area contributed by atoms with E-state index in [9.17, 15) is 0 Å². The van der Waals surface area contributed by atoms with Crippen LogP contribution in [0.15, 0.2) is 18.2 Å². The molecule has 0 spiro atoms.